The van der Waals surface area contributed by atoms with Gasteiger partial charge in [-0.3, -0.25) is 0 Å². The number of aromatic nitrogens is 4. The summed E-state index contributed by atoms with van der Waals surface area (Å²) in [6, 6.07) is 50.2. The van der Waals surface area contributed by atoms with Gasteiger partial charge < -0.3 is 9.47 Å². The molecule has 0 atom stereocenters. The maximum atomic E-state index is 5.58. The molecule has 1 aliphatic carbocycles. The molecule has 5 heteroatoms. The third-order valence-electron chi connectivity index (χ3n) is 10.9. The van der Waals surface area contributed by atoms with Crippen LogP contribution >= 0.6 is 0 Å². The molecule has 5 nitrogen and oxygen atoms in total. The van der Waals surface area contributed by atoms with Crippen molar-refractivity contribution in [3.8, 4) is 51.8 Å². The van der Waals surface area contributed by atoms with Crippen LogP contribution in [0.2, 0.25) is 0 Å². The summed E-state index contributed by atoms with van der Waals surface area (Å²) in [5, 5.41) is 3.66. The van der Waals surface area contributed by atoms with Gasteiger partial charge in [-0.1, -0.05) is 121 Å². The summed E-state index contributed by atoms with van der Waals surface area (Å²) in [5.41, 5.74) is 13.0. The normalized spacial score (nSPS) is 13.6. The molecule has 1 aliphatic heterocycles. The molecule has 8 aromatic rings. The summed E-state index contributed by atoms with van der Waals surface area (Å²) in [5.74, 6) is 4.43. The zero-order chi connectivity index (χ0) is 38.3. The van der Waals surface area contributed by atoms with Crippen LogP contribution in [0.15, 0.2) is 176 Å². The Balaban J connectivity index is 1.17. The third-order valence-corrected chi connectivity index (χ3v) is 10.9. The van der Waals surface area contributed by atoms with Gasteiger partial charge in [-0.25, -0.2) is 15.0 Å². The maximum absolute atomic E-state index is 5.58. The summed E-state index contributed by atoms with van der Waals surface area (Å²) in [7, 11) is 0. The summed E-state index contributed by atoms with van der Waals surface area (Å²) < 4.78 is 2.47. The lowest BCUT2D eigenvalue weighted by atomic mass is 9.97. The number of benzene rings is 6. The average molecular weight is 732 g/mol. The Morgan fingerprint density at radius 3 is 2.16 bits per heavy atom. The molecule has 0 unspecified atom stereocenters. The zero-order valence-corrected chi connectivity index (χ0v) is 31.5. The number of terminal acetylenes is 1. The van der Waals surface area contributed by atoms with Crippen molar-refractivity contribution in [1.82, 2.24) is 19.5 Å². The molecule has 6 aromatic carbocycles. The summed E-state index contributed by atoms with van der Waals surface area (Å²) in [4.78, 5) is 17.3. The topological polar surface area (TPSA) is 46.8 Å². The highest BCUT2D eigenvalue weighted by Gasteiger charge is 2.32. The van der Waals surface area contributed by atoms with Crippen LogP contribution in [0.25, 0.3) is 72.3 Å². The number of hydrogen-bond donors (Lipinski definition) is 0. The second-order valence-corrected chi connectivity index (χ2v) is 14.2. The molecule has 0 radical (unpaired) electrons. The number of anilines is 3. The van der Waals surface area contributed by atoms with Crippen LogP contribution in [0.3, 0.4) is 0 Å². The molecule has 0 saturated carbocycles. The van der Waals surface area contributed by atoms with Gasteiger partial charge in [-0.05, 0) is 85.8 Å². The van der Waals surface area contributed by atoms with Gasteiger partial charge in [0.15, 0.2) is 17.5 Å². The second-order valence-electron chi connectivity index (χ2n) is 14.2. The predicted octanol–water partition coefficient (Wildman–Crippen LogP) is 13.1. The van der Waals surface area contributed by atoms with Crippen LogP contribution < -0.4 is 4.90 Å². The van der Waals surface area contributed by atoms with Crippen LogP contribution in [-0.2, 0) is 0 Å². The van der Waals surface area contributed by atoms with Crippen molar-refractivity contribution in [3.05, 3.63) is 188 Å². The predicted molar refractivity (Wildman–Crippen MR) is 237 cm³/mol. The first-order valence-corrected chi connectivity index (χ1v) is 19.4. The van der Waals surface area contributed by atoms with Crippen molar-refractivity contribution >= 4 is 49.9 Å². The Morgan fingerprint density at radius 1 is 0.667 bits per heavy atom. The van der Waals surface area contributed by atoms with Gasteiger partial charge >= 0.3 is 0 Å². The van der Waals surface area contributed by atoms with E-state index in [-0.39, 0.29) is 0 Å². The average Bonchev–Trinajstić information content (AvgIpc) is 3.57. The Labute approximate surface area is 332 Å². The summed E-state index contributed by atoms with van der Waals surface area (Å²) >= 11 is 0. The van der Waals surface area contributed by atoms with Crippen molar-refractivity contribution < 1.29 is 0 Å². The largest absolute Gasteiger partial charge is 0.309 e. The fourth-order valence-electron chi connectivity index (χ4n) is 8.31. The number of rotatable bonds is 6. The monoisotopic (exact) mass is 731 g/mol. The minimum atomic E-state index is 0.583. The quantitative estimate of drug-likeness (QED) is 0.126. The number of allylic oxidation sites excluding steroid dienone is 8. The van der Waals surface area contributed by atoms with Crippen LogP contribution in [0.4, 0.5) is 17.1 Å². The molecule has 0 N–H and O–H groups in total. The van der Waals surface area contributed by atoms with Crippen molar-refractivity contribution in [3.63, 3.8) is 0 Å². The third kappa shape index (κ3) is 5.78. The first-order valence-electron chi connectivity index (χ1n) is 19.4. The molecule has 270 valence electrons. The van der Waals surface area contributed by atoms with E-state index in [1.54, 1.807) is 6.08 Å². The van der Waals surface area contributed by atoms with Crippen LogP contribution in [0.1, 0.15) is 31.4 Å². The fourth-order valence-corrected chi connectivity index (χ4v) is 8.31. The van der Waals surface area contributed by atoms with Crippen molar-refractivity contribution in [2.45, 2.75) is 19.8 Å². The minimum absolute atomic E-state index is 0.583. The molecule has 0 bridgehead atoms. The molecule has 10 rings (SSSR count). The number of fused-ring (bicyclic) bond motifs is 9. The first kappa shape index (κ1) is 34.0. The van der Waals surface area contributed by atoms with Gasteiger partial charge in [-0.2, -0.15) is 0 Å². The molecule has 0 fully saturated rings. The highest BCUT2D eigenvalue weighted by atomic mass is 15.2. The van der Waals surface area contributed by atoms with Crippen molar-refractivity contribution in [2.75, 3.05) is 4.90 Å². The standard InChI is InChI=1S/C52H37N5/c1-3-5-18-35(4-2)50-53-51(37-20-8-6-9-21-37)55-52(54-50)38-29-32-40(33-30-38)56-45-27-16-14-25-42(45)47-44-34-31-36-19-12-13-24-41(36)48(44)57(39-22-10-7-11-23-39)49(47)43-26-15-17-28-46(43)56/h1,4-5,7-8,10-34H,6,9H2,2H3/b18-5-,35-4+. The van der Waals surface area contributed by atoms with E-state index in [0.29, 0.717) is 17.5 Å². The van der Waals surface area contributed by atoms with E-state index in [4.69, 9.17) is 21.4 Å². The van der Waals surface area contributed by atoms with Crippen LogP contribution in [-0.4, -0.2) is 19.5 Å². The molecule has 0 amide bonds. The lowest BCUT2D eigenvalue weighted by Crippen LogP contribution is -2.11. The van der Waals surface area contributed by atoms with Gasteiger partial charge in [0.05, 0.1) is 22.6 Å². The highest BCUT2D eigenvalue weighted by Crippen LogP contribution is 2.55. The smallest absolute Gasteiger partial charge is 0.164 e. The van der Waals surface area contributed by atoms with E-state index in [2.05, 4.69) is 173 Å². The van der Waals surface area contributed by atoms with Crippen LogP contribution in [0.5, 0.6) is 0 Å². The Hall–Kier alpha value is -7.55. The SMILES string of the molecule is C#C/C=C\C(=C/C)c1nc(C2=CCCC=C2)nc(-c2ccc(N3c4ccccc4-c4c(n(-c5ccccc5)c5c4ccc4ccccc45)-c4ccccc43)cc2)n1. The lowest BCUT2D eigenvalue weighted by molar-refractivity contribution is 0.985. The molecule has 3 heterocycles. The van der Waals surface area contributed by atoms with E-state index in [9.17, 15) is 0 Å². The molecule has 0 saturated heterocycles. The first-order chi connectivity index (χ1) is 28.2. The van der Waals surface area contributed by atoms with E-state index in [0.717, 1.165) is 57.9 Å². The number of hydrogen-bond acceptors (Lipinski definition) is 4. The Bertz CT molecular complexity index is 3030. The molecular formula is C52H37N5. The lowest BCUT2D eigenvalue weighted by Gasteiger charge is -2.27. The number of nitrogens with zero attached hydrogens (tertiary/aromatic N) is 5. The van der Waals surface area contributed by atoms with Gasteiger partial charge in [-0.15, -0.1) is 6.42 Å². The highest BCUT2D eigenvalue weighted by molar-refractivity contribution is 6.19. The van der Waals surface area contributed by atoms with E-state index < -0.39 is 0 Å². The summed E-state index contributed by atoms with van der Waals surface area (Å²) in [6.45, 7) is 1.97. The van der Waals surface area contributed by atoms with E-state index in [1.807, 2.05) is 19.1 Å². The molecule has 2 aliphatic rings. The van der Waals surface area contributed by atoms with Gasteiger partial charge in [0.1, 0.15) is 0 Å². The van der Waals surface area contributed by atoms with Gasteiger partial charge in [0, 0.05) is 55.5 Å². The molecule has 57 heavy (non-hydrogen) atoms. The minimum Gasteiger partial charge on any atom is -0.309 e. The molecular weight excluding hydrogens is 695 g/mol. The zero-order valence-electron chi connectivity index (χ0n) is 31.5. The summed E-state index contributed by atoms with van der Waals surface area (Å²) in [6.07, 6.45) is 19.5. The second kappa shape index (κ2) is 14.3. The van der Waals surface area contributed by atoms with E-state index in [1.165, 1.54) is 38.5 Å². The fraction of sp³-hybridized carbons (Fsp3) is 0.0577. The number of para-hydroxylation sites is 3. The molecule has 2 aromatic heterocycles. The Morgan fingerprint density at radius 2 is 1.39 bits per heavy atom. The van der Waals surface area contributed by atoms with E-state index >= 15 is 0 Å². The van der Waals surface area contributed by atoms with Crippen molar-refractivity contribution in [1.29, 1.82) is 0 Å². The van der Waals surface area contributed by atoms with Gasteiger partial charge in [0.25, 0.3) is 0 Å². The Kier molecular flexibility index (Phi) is 8.50. The van der Waals surface area contributed by atoms with Gasteiger partial charge in [0.2, 0.25) is 0 Å². The maximum Gasteiger partial charge on any atom is 0.164 e. The molecule has 0 spiro atoms. The van der Waals surface area contributed by atoms with Crippen molar-refractivity contribution in [2.24, 2.45) is 0 Å². The van der Waals surface area contributed by atoms with Crippen LogP contribution in [0, 0.1) is 12.3 Å².